The van der Waals surface area contributed by atoms with Crippen molar-refractivity contribution in [1.29, 1.82) is 0 Å². The Kier molecular flexibility index (Phi) is 6.45. The summed E-state index contributed by atoms with van der Waals surface area (Å²) < 4.78 is 5.36. The second-order valence-corrected chi connectivity index (χ2v) is 7.35. The third kappa shape index (κ3) is 4.77. The van der Waals surface area contributed by atoms with E-state index in [1.165, 1.54) is 5.57 Å². The molecule has 0 spiro atoms. The van der Waals surface area contributed by atoms with E-state index >= 15 is 0 Å². The van der Waals surface area contributed by atoms with Crippen molar-refractivity contribution >= 4 is 12.0 Å². The average Bonchev–Trinajstić information content (AvgIpc) is 2.61. The maximum atomic E-state index is 12.0. The summed E-state index contributed by atoms with van der Waals surface area (Å²) in [4.78, 5) is 12.0. The quantitative estimate of drug-likeness (QED) is 0.679. The van der Waals surface area contributed by atoms with Gasteiger partial charge >= 0.3 is 5.97 Å². The number of hydrogen-bond donors (Lipinski definition) is 2. The van der Waals surface area contributed by atoms with E-state index in [-0.39, 0.29) is 17.4 Å². The van der Waals surface area contributed by atoms with Gasteiger partial charge in [0.1, 0.15) is 5.75 Å². The molecule has 1 aliphatic carbocycles. The Morgan fingerprint density at radius 3 is 2.70 bits per heavy atom. The summed E-state index contributed by atoms with van der Waals surface area (Å²) >= 11 is 0. The van der Waals surface area contributed by atoms with Gasteiger partial charge in [0, 0.05) is 11.8 Å². The highest BCUT2D eigenvalue weighted by Gasteiger charge is 2.24. The molecule has 0 fully saturated rings. The highest BCUT2D eigenvalue weighted by atomic mass is 16.5. The molecule has 1 aromatic rings. The SMILES string of the molecule is C=C(C)C(O)Cc1cc(OC)cc(/C=C/C2(C)CC=CC=C2C)c1C(=O)O. The molecule has 1 aliphatic rings. The molecule has 144 valence electrons. The zero-order valence-electron chi connectivity index (χ0n) is 16.5. The molecule has 0 bridgehead atoms. The van der Waals surface area contributed by atoms with Gasteiger partial charge in [-0.1, -0.05) is 55.0 Å². The molecule has 2 unspecified atom stereocenters. The summed E-state index contributed by atoms with van der Waals surface area (Å²) in [7, 11) is 1.54. The van der Waals surface area contributed by atoms with Crippen LogP contribution >= 0.6 is 0 Å². The van der Waals surface area contributed by atoms with E-state index in [2.05, 4.69) is 32.6 Å². The molecular weight excluding hydrogens is 340 g/mol. The fourth-order valence-electron chi connectivity index (χ4n) is 3.10. The number of carboxylic acids is 1. The molecule has 2 rings (SSSR count). The molecule has 2 atom stereocenters. The van der Waals surface area contributed by atoms with Crippen LogP contribution in [0.25, 0.3) is 6.08 Å². The molecule has 0 radical (unpaired) electrons. The van der Waals surface area contributed by atoms with Gasteiger partial charge in [0.2, 0.25) is 0 Å². The van der Waals surface area contributed by atoms with E-state index in [1.807, 2.05) is 18.2 Å². The van der Waals surface area contributed by atoms with E-state index in [0.717, 1.165) is 6.42 Å². The van der Waals surface area contributed by atoms with Crippen molar-refractivity contribution in [2.24, 2.45) is 5.41 Å². The molecule has 0 aromatic heterocycles. The summed E-state index contributed by atoms with van der Waals surface area (Å²) in [5, 5.41) is 20.0. The Morgan fingerprint density at radius 1 is 1.44 bits per heavy atom. The number of allylic oxidation sites excluding steroid dienone is 5. The number of ether oxygens (including phenoxy) is 1. The highest BCUT2D eigenvalue weighted by Crippen LogP contribution is 2.37. The van der Waals surface area contributed by atoms with Gasteiger partial charge in [-0.2, -0.15) is 0 Å². The zero-order chi connectivity index (χ0) is 20.2. The lowest BCUT2D eigenvalue weighted by Crippen LogP contribution is -2.17. The molecule has 0 saturated heterocycles. The number of aliphatic hydroxyl groups is 1. The topological polar surface area (TPSA) is 66.8 Å². The van der Waals surface area contributed by atoms with Crippen LogP contribution in [0.2, 0.25) is 0 Å². The fourth-order valence-corrected chi connectivity index (χ4v) is 3.10. The van der Waals surface area contributed by atoms with Crippen molar-refractivity contribution < 1.29 is 19.7 Å². The van der Waals surface area contributed by atoms with Crippen molar-refractivity contribution in [1.82, 2.24) is 0 Å². The number of rotatable bonds is 7. The largest absolute Gasteiger partial charge is 0.497 e. The van der Waals surface area contributed by atoms with Gasteiger partial charge in [-0.25, -0.2) is 4.79 Å². The van der Waals surface area contributed by atoms with Crippen LogP contribution in [0.4, 0.5) is 0 Å². The molecule has 27 heavy (non-hydrogen) atoms. The lowest BCUT2D eigenvalue weighted by molar-refractivity contribution is 0.0695. The minimum absolute atomic E-state index is 0.162. The zero-order valence-corrected chi connectivity index (χ0v) is 16.5. The van der Waals surface area contributed by atoms with Gasteiger partial charge in [-0.05, 0) is 43.5 Å². The van der Waals surface area contributed by atoms with Gasteiger partial charge in [0.05, 0.1) is 18.8 Å². The molecule has 2 N–H and O–H groups in total. The van der Waals surface area contributed by atoms with Gasteiger partial charge in [0.15, 0.2) is 0 Å². The van der Waals surface area contributed by atoms with Crippen LogP contribution in [0, 0.1) is 5.41 Å². The minimum Gasteiger partial charge on any atom is -0.497 e. The smallest absolute Gasteiger partial charge is 0.336 e. The second-order valence-electron chi connectivity index (χ2n) is 7.35. The lowest BCUT2D eigenvalue weighted by atomic mass is 9.76. The van der Waals surface area contributed by atoms with Crippen molar-refractivity contribution in [3.63, 3.8) is 0 Å². The van der Waals surface area contributed by atoms with Crippen molar-refractivity contribution in [3.8, 4) is 5.75 Å². The number of benzene rings is 1. The predicted octanol–water partition coefficient (Wildman–Crippen LogP) is 4.80. The first-order valence-electron chi connectivity index (χ1n) is 8.98. The summed E-state index contributed by atoms with van der Waals surface area (Å²) in [6, 6.07) is 3.39. The summed E-state index contributed by atoms with van der Waals surface area (Å²) in [5.74, 6) is -0.466. The molecule has 1 aromatic carbocycles. The van der Waals surface area contributed by atoms with Crippen molar-refractivity contribution in [2.45, 2.75) is 39.7 Å². The summed E-state index contributed by atoms with van der Waals surface area (Å²) in [6.45, 7) is 9.68. The number of carboxylic acid groups (broad SMARTS) is 1. The standard InChI is InChI=1S/C23H28O4/c1-15(2)20(24)14-18-13-19(27-5)12-17(21(18)22(25)26)9-11-23(4)10-7-6-8-16(23)3/h6-9,11-13,20,24H,1,10,14H2,2-5H3,(H,25,26)/b11-9+. The van der Waals surface area contributed by atoms with Gasteiger partial charge in [0.25, 0.3) is 0 Å². The Labute approximate surface area is 161 Å². The first kappa shape index (κ1) is 20.7. The molecule has 4 heteroatoms. The highest BCUT2D eigenvalue weighted by molar-refractivity contribution is 5.94. The van der Waals surface area contributed by atoms with Crippen LogP contribution < -0.4 is 4.74 Å². The predicted molar refractivity (Wildman–Crippen MR) is 109 cm³/mol. The summed E-state index contributed by atoms with van der Waals surface area (Å²) in [5.41, 5.74) is 2.93. The second kappa shape index (κ2) is 8.40. The van der Waals surface area contributed by atoms with Crippen LogP contribution in [-0.2, 0) is 6.42 Å². The summed E-state index contributed by atoms with van der Waals surface area (Å²) in [6.07, 6.45) is 10.3. The Balaban J connectivity index is 2.52. The van der Waals surface area contributed by atoms with E-state index in [9.17, 15) is 15.0 Å². The number of methoxy groups -OCH3 is 1. The number of aliphatic hydroxyl groups excluding tert-OH is 1. The molecule has 0 heterocycles. The van der Waals surface area contributed by atoms with Crippen LogP contribution in [0.5, 0.6) is 5.75 Å². The van der Waals surface area contributed by atoms with Crippen molar-refractivity contribution in [2.75, 3.05) is 7.11 Å². The first-order chi connectivity index (χ1) is 12.7. The van der Waals surface area contributed by atoms with E-state index < -0.39 is 12.1 Å². The molecule has 0 saturated carbocycles. The van der Waals surface area contributed by atoms with Crippen LogP contribution in [0.3, 0.4) is 0 Å². The maximum absolute atomic E-state index is 12.0. The normalized spacial score (nSPS) is 20.4. The third-order valence-electron chi connectivity index (χ3n) is 5.21. The third-order valence-corrected chi connectivity index (χ3v) is 5.21. The molecular formula is C23H28O4. The molecule has 0 aliphatic heterocycles. The van der Waals surface area contributed by atoms with E-state index in [1.54, 1.807) is 26.2 Å². The molecule has 0 amide bonds. The molecule has 4 nitrogen and oxygen atoms in total. The van der Waals surface area contributed by atoms with Crippen LogP contribution in [0.15, 0.2) is 54.2 Å². The number of hydrogen-bond acceptors (Lipinski definition) is 3. The Morgan fingerprint density at radius 2 is 2.15 bits per heavy atom. The Bertz CT molecular complexity index is 829. The van der Waals surface area contributed by atoms with E-state index in [4.69, 9.17) is 4.74 Å². The minimum atomic E-state index is -1.03. The first-order valence-corrected chi connectivity index (χ1v) is 8.98. The maximum Gasteiger partial charge on any atom is 0.336 e. The number of aromatic carboxylic acids is 1. The van der Waals surface area contributed by atoms with Crippen LogP contribution in [0.1, 0.15) is 48.7 Å². The lowest BCUT2D eigenvalue weighted by Gasteiger charge is -2.28. The van der Waals surface area contributed by atoms with Gasteiger partial charge < -0.3 is 14.9 Å². The van der Waals surface area contributed by atoms with Crippen molar-refractivity contribution in [3.05, 3.63) is 70.9 Å². The van der Waals surface area contributed by atoms with E-state index in [0.29, 0.717) is 22.4 Å². The monoisotopic (exact) mass is 368 g/mol. The Hall–Kier alpha value is -2.59. The number of carbonyl (C=O) groups is 1. The van der Waals surface area contributed by atoms with Gasteiger partial charge in [-0.15, -0.1) is 0 Å². The fraction of sp³-hybridized carbons (Fsp3) is 0.348. The average molecular weight is 368 g/mol. The van der Waals surface area contributed by atoms with Crippen LogP contribution in [-0.4, -0.2) is 29.4 Å². The van der Waals surface area contributed by atoms with Gasteiger partial charge in [-0.3, -0.25) is 0 Å².